The normalized spacial score (nSPS) is 37.7. The van der Waals surface area contributed by atoms with E-state index in [1.165, 1.54) is 43.2 Å². The van der Waals surface area contributed by atoms with Crippen LogP contribution in [0.2, 0.25) is 0 Å². The molecule has 2 heterocycles. The van der Waals surface area contributed by atoms with E-state index in [1.807, 2.05) is 0 Å². The van der Waals surface area contributed by atoms with Crippen LogP contribution in [-0.4, -0.2) is 52.6 Å². The van der Waals surface area contributed by atoms with Crippen LogP contribution in [0.1, 0.15) is 33.6 Å². The molecule has 2 atom stereocenters. The fraction of sp³-hybridized carbons (Fsp3) is 1.00. The topological polar surface area (TPSA) is 29.3 Å². The Morgan fingerprint density at radius 3 is 2.72 bits per heavy atom. The molecule has 0 aromatic rings. The van der Waals surface area contributed by atoms with E-state index >= 15 is 0 Å². The molecule has 0 bridgehead atoms. The fourth-order valence-electron chi connectivity index (χ4n) is 3.34. The molecule has 0 radical (unpaired) electrons. The molecule has 2 aliphatic rings. The van der Waals surface area contributed by atoms with Gasteiger partial charge < -0.3 is 5.73 Å². The molecule has 4 heteroatoms. The fourth-order valence-corrected chi connectivity index (χ4v) is 6.34. The quantitative estimate of drug-likeness (QED) is 0.864. The van der Waals surface area contributed by atoms with Crippen LogP contribution < -0.4 is 5.73 Å². The summed E-state index contributed by atoms with van der Waals surface area (Å²) in [6.45, 7) is 10.5. The van der Waals surface area contributed by atoms with Gasteiger partial charge in [-0.3, -0.25) is 4.90 Å². The van der Waals surface area contributed by atoms with E-state index in [-0.39, 0.29) is 5.54 Å². The third kappa shape index (κ3) is 2.58. The Balaban J connectivity index is 2.19. The highest BCUT2D eigenvalue weighted by Gasteiger charge is 2.50. The average Bonchev–Trinajstić information content (AvgIpc) is 2.39. The molecule has 2 unspecified atom stereocenters. The van der Waals surface area contributed by atoms with E-state index < -0.39 is 0 Å². The first kappa shape index (κ1) is 15.0. The molecule has 0 saturated carbocycles. The summed E-state index contributed by atoms with van der Waals surface area (Å²) in [6.07, 6.45) is 2.59. The number of thioether (sulfide) groups is 2. The second-order valence-corrected chi connectivity index (χ2v) is 8.78. The molecule has 0 spiro atoms. The molecule has 2 saturated heterocycles. The summed E-state index contributed by atoms with van der Waals surface area (Å²) in [5.74, 6) is 3.80. The minimum absolute atomic E-state index is 0.227. The van der Waals surface area contributed by atoms with E-state index in [0.29, 0.717) is 5.41 Å². The van der Waals surface area contributed by atoms with Crippen molar-refractivity contribution in [2.75, 3.05) is 36.9 Å². The lowest BCUT2D eigenvalue weighted by Gasteiger charge is -2.57. The summed E-state index contributed by atoms with van der Waals surface area (Å²) in [5.41, 5.74) is 6.85. The van der Waals surface area contributed by atoms with Crippen LogP contribution in [0.5, 0.6) is 0 Å². The number of nitrogens with zero attached hydrogens (tertiary/aromatic N) is 1. The Hall–Kier alpha value is 0.620. The zero-order valence-electron chi connectivity index (χ0n) is 12.1. The molecule has 0 aromatic carbocycles. The van der Waals surface area contributed by atoms with Crippen LogP contribution in [0.25, 0.3) is 0 Å². The standard InChI is InChI=1S/C14H28N2S2/c1-4-12-9-16(6-8-18-12)14(10-15)11-17-7-5-13(14,2)3/h12H,4-11,15H2,1-3H3. The van der Waals surface area contributed by atoms with Crippen molar-refractivity contribution in [3.63, 3.8) is 0 Å². The number of rotatable bonds is 3. The molecular weight excluding hydrogens is 260 g/mol. The third-order valence-corrected chi connectivity index (χ3v) is 7.56. The van der Waals surface area contributed by atoms with E-state index in [2.05, 4.69) is 49.2 Å². The second kappa shape index (κ2) is 5.94. The van der Waals surface area contributed by atoms with Gasteiger partial charge in [0.15, 0.2) is 0 Å². The summed E-state index contributed by atoms with van der Waals surface area (Å²) in [5, 5.41) is 0.810. The minimum Gasteiger partial charge on any atom is -0.329 e. The predicted molar refractivity (Wildman–Crippen MR) is 85.6 cm³/mol. The van der Waals surface area contributed by atoms with Crippen molar-refractivity contribution in [2.24, 2.45) is 11.1 Å². The van der Waals surface area contributed by atoms with Crippen LogP contribution in [0.15, 0.2) is 0 Å². The second-order valence-electron chi connectivity index (χ2n) is 6.27. The zero-order valence-corrected chi connectivity index (χ0v) is 13.7. The molecule has 0 aromatic heterocycles. The largest absolute Gasteiger partial charge is 0.329 e. The molecule has 18 heavy (non-hydrogen) atoms. The van der Waals surface area contributed by atoms with Crippen molar-refractivity contribution in [1.82, 2.24) is 4.90 Å². The van der Waals surface area contributed by atoms with Gasteiger partial charge in [0.05, 0.1) is 0 Å². The van der Waals surface area contributed by atoms with Gasteiger partial charge in [-0.1, -0.05) is 20.8 Å². The molecule has 2 rings (SSSR count). The summed E-state index contributed by atoms with van der Waals surface area (Å²) >= 11 is 4.25. The van der Waals surface area contributed by atoms with E-state index in [1.54, 1.807) is 0 Å². The maximum absolute atomic E-state index is 6.27. The first-order valence-corrected chi connectivity index (χ1v) is 9.40. The molecule has 0 amide bonds. The highest BCUT2D eigenvalue weighted by molar-refractivity contribution is 8.00. The highest BCUT2D eigenvalue weighted by Crippen LogP contribution is 2.46. The van der Waals surface area contributed by atoms with Gasteiger partial charge in [-0.25, -0.2) is 0 Å². The summed E-state index contributed by atoms with van der Waals surface area (Å²) < 4.78 is 0. The zero-order chi connectivity index (χ0) is 13.2. The maximum atomic E-state index is 6.27. The average molecular weight is 289 g/mol. The van der Waals surface area contributed by atoms with Crippen molar-refractivity contribution in [3.8, 4) is 0 Å². The smallest absolute Gasteiger partial charge is 0.0473 e. The van der Waals surface area contributed by atoms with E-state index in [0.717, 1.165) is 11.8 Å². The maximum Gasteiger partial charge on any atom is 0.0473 e. The van der Waals surface area contributed by atoms with Crippen molar-refractivity contribution in [1.29, 1.82) is 0 Å². The first-order chi connectivity index (χ1) is 8.55. The molecule has 2 fully saturated rings. The number of hydrogen-bond acceptors (Lipinski definition) is 4. The van der Waals surface area contributed by atoms with Gasteiger partial charge in [0.1, 0.15) is 0 Å². The van der Waals surface area contributed by atoms with Gasteiger partial charge >= 0.3 is 0 Å². The summed E-state index contributed by atoms with van der Waals surface area (Å²) in [4.78, 5) is 2.74. The SMILES string of the molecule is CCC1CN(C2(CN)CSCCC2(C)C)CCS1. The van der Waals surface area contributed by atoms with Crippen molar-refractivity contribution in [3.05, 3.63) is 0 Å². The monoisotopic (exact) mass is 288 g/mol. The number of nitrogens with two attached hydrogens (primary N) is 1. The van der Waals surface area contributed by atoms with E-state index in [9.17, 15) is 0 Å². The summed E-state index contributed by atoms with van der Waals surface area (Å²) in [6, 6.07) is 0. The van der Waals surface area contributed by atoms with Gasteiger partial charge in [0.2, 0.25) is 0 Å². The molecule has 2 aliphatic heterocycles. The van der Waals surface area contributed by atoms with Crippen LogP contribution >= 0.6 is 23.5 Å². The van der Waals surface area contributed by atoms with Crippen LogP contribution in [-0.2, 0) is 0 Å². The van der Waals surface area contributed by atoms with Crippen LogP contribution in [0.3, 0.4) is 0 Å². The van der Waals surface area contributed by atoms with Crippen LogP contribution in [0, 0.1) is 5.41 Å². The van der Waals surface area contributed by atoms with Gasteiger partial charge in [-0.05, 0) is 24.0 Å². The predicted octanol–water partition coefficient (Wildman–Crippen LogP) is 2.67. The molecule has 2 nitrogen and oxygen atoms in total. The van der Waals surface area contributed by atoms with E-state index in [4.69, 9.17) is 5.73 Å². The Morgan fingerprint density at radius 2 is 2.11 bits per heavy atom. The molecule has 2 N–H and O–H groups in total. The molecular formula is C14H28N2S2. The number of hydrogen-bond donors (Lipinski definition) is 1. The molecule has 0 aliphatic carbocycles. The Bertz CT molecular complexity index is 283. The molecule has 106 valence electrons. The Morgan fingerprint density at radius 1 is 1.33 bits per heavy atom. The van der Waals surface area contributed by atoms with Crippen molar-refractivity contribution in [2.45, 2.75) is 44.4 Å². The third-order valence-electron chi connectivity index (χ3n) is 5.01. The Kier molecular flexibility index (Phi) is 4.96. The lowest BCUT2D eigenvalue weighted by Crippen LogP contribution is -2.67. The van der Waals surface area contributed by atoms with Crippen molar-refractivity contribution < 1.29 is 0 Å². The first-order valence-electron chi connectivity index (χ1n) is 7.20. The van der Waals surface area contributed by atoms with Gasteiger partial charge in [0.25, 0.3) is 0 Å². The lowest BCUT2D eigenvalue weighted by atomic mass is 9.69. The Labute approximate surface area is 121 Å². The van der Waals surface area contributed by atoms with Gasteiger partial charge in [-0.2, -0.15) is 23.5 Å². The lowest BCUT2D eigenvalue weighted by molar-refractivity contribution is 0.00348. The van der Waals surface area contributed by atoms with Crippen molar-refractivity contribution >= 4 is 23.5 Å². The van der Waals surface area contributed by atoms with Gasteiger partial charge in [-0.15, -0.1) is 0 Å². The van der Waals surface area contributed by atoms with Gasteiger partial charge in [0, 0.05) is 41.9 Å². The highest BCUT2D eigenvalue weighted by atomic mass is 32.2. The summed E-state index contributed by atoms with van der Waals surface area (Å²) in [7, 11) is 0. The van der Waals surface area contributed by atoms with Crippen LogP contribution in [0.4, 0.5) is 0 Å². The minimum atomic E-state index is 0.227.